The van der Waals surface area contributed by atoms with E-state index in [4.69, 9.17) is 23.2 Å². The van der Waals surface area contributed by atoms with Crippen molar-refractivity contribution in [1.82, 2.24) is 16.0 Å². The number of ketones is 1. The fourth-order valence-corrected chi connectivity index (χ4v) is 4.30. The molecular formula is C27H28Cl2F5N3O4. The molecule has 7 nitrogen and oxygen atoms in total. The van der Waals surface area contributed by atoms with E-state index < -0.39 is 60.1 Å². The van der Waals surface area contributed by atoms with Crippen LogP contribution in [0.5, 0.6) is 0 Å². The van der Waals surface area contributed by atoms with Crippen LogP contribution in [0.15, 0.2) is 48.5 Å². The second-order valence-electron chi connectivity index (χ2n) is 9.55. The number of carbonyl (C=O) groups excluding carboxylic acids is 4. The molecule has 2 aromatic carbocycles. The summed E-state index contributed by atoms with van der Waals surface area (Å²) in [5.74, 6) is -12.0. The molecule has 41 heavy (non-hydrogen) atoms. The predicted octanol–water partition coefficient (Wildman–Crippen LogP) is 4.68. The highest BCUT2D eigenvalue weighted by atomic mass is 35.5. The van der Waals surface area contributed by atoms with E-state index in [1.165, 1.54) is 19.9 Å². The minimum Gasteiger partial charge on any atom is -0.344 e. The predicted molar refractivity (Wildman–Crippen MR) is 143 cm³/mol. The minimum absolute atomic E-state index is 0.0805. The summed E-state index contributed by atoms with van der Waals surface area (Å²) in [7, 11) is 0. The first-order valence-corrected chi connectivity index (χ1v) is 13.1. The van der Waals surface area contributed by atoms with E-state index in [2.05, 4.69) is 10.6 Å². The van der Waals surface area contributed by atoms with Crippen LogP contribution >= 0.6 is 23.2 Å². The van der Waals surface area contributed by atoms with Gasteiger partial charge in [-0.2, -0.15) is 22.0 Å². The number of hydrogen-bond acceptors (Lipinski definition) is 4. The lowest BCUT2D eigenvalue weighted by atomic mass is 9.94. The number of halogens is 7. The van der Waals surface area contributed by atoms with Gasteiger partial charge in [-0.1, -0.05) is 67.4 Å². The zero-order valence-corrected chi connectivity index (χ0v) is 23.5. The Hall–Kier alpha value is -3.25. The van der Waals surface area contributed by atoms with E-state index >= 15 is 0 Å². The molecule has 3 amide bonds. The van der Waals surface area contributed by atoms with Crippen molar-refractivity contribution in [3.63, 3.8) is 0 Å². The van der Waals surface area contributed by atoms with Crippen LogP contribution in [0, 0.1) is 5.92 Å². The van der Waals surface area contributed by atoms with Crippen LogP contribution in [0.25, 0.3) is 0 Å². The van der Waals surface area contributed by atoms with Crippen LogP contribution in [0.4, 0.5) is 22.0 Å². The van der Waals surface area contributed by atoms with Gasteiger partial charge in [0.25, 0.3) is 5.91 Å². The van der Waals surface area contributed by atoms with E-state index in [1.807, 2.05) is 0 Å². The normalized spacial score (nSPS) is 13.3. The number of aryl methyl sites for hydroxylation is 1. The number of hydrogen-bond donors (Lipinski definition) is 3. The Morgan fingerprint density at radius 2 is 1.44 bits per heavy atom. The molecule has 2 atom stereocenters. The van der Waals surface area contributed by atoms with Crippen molar-refractivity contribution in [3.8, 4) is 0 Å². The number of Topliss-reactive ketones (excluding diaryl/α,β-unsaturated/α-hetero) is 1. The Labute approximate surface area is 243 Å². The van der Waals surface area contributed by atoms with Gasteiger partial charge in [0.1, 0.15) is 12.6 Å². The summed E-state index contributed by atoms with van der Waals surface area (Å²) >= 11 is 12.0. The molecule has 0 saturated carbocycles. The maximum Gasteiger partial charge on any atom is 0.405 e. The topological polar surface area (TPSA) is 104 Å². The maximum absolute atomic E-state index is 14.6. The Morgan fingerprint density at radius 1 is 0.854 bits per heavy atom. The largest absolute Gasteiger partial charge is 0.405 e. The Bertz CT molecular complexity index is 1220. The van der Waals surface area contributed by atoms with E-state index in [1.54, 1.807) is 42.5 Å². The van der Waals surface area contributed by atoms with Crippen molar-refractivity contribution in [2.24, 2.45) is 5.92 Å². The lowest BCUT2D eigenvalue weighted by molar-refractivity contribution is -0.165. The van der Waals surface area contributed by atoms with Crippen molar-refractivity contribution in [2.75, 3.05) is 6.54 Å². The summed E-state index contributed by atoms with van der Waals surface area (Å²) in [5.41, 5.74) is 1.25. The quantitative estimate of drug-likeness (QED) is 0.223. The van der Waals surface area contributed by atoms with Gasteiger partial charge >= 0.3 is 12.1 Å². The van der Waals surface area contributed by atoms with Crippen molar-refractivity contribution in [1.29, 1.82) is 0 Å². The standard InChI is InChI=1S/C27H28Cl2F5N3O4/c1-15(2)22(23(39)27(33,34)25(41)35-14-26(30,31)32)37-24(40)20(12-16-6-4-3-5-7-16)36-21(38)9-8-17-10-18(28)13-19(29)11-17/h3-7,10-11,13,15,20,22H,8-9,12,14H2,1-2H3,(H,35,41)(H,36,38)(H,37,40)/t20?,22-/m0/s1. The van der Waals surface area contributed by atoms with Crippen LogP contribution in [-0.2, 0) is 32.0 Å². The summed E-state index contributed by atoms with van der Waals surface area (Å²) in [6.07, 6.45) is -4.96. The molecule has 0 fully saturated rings. The third-order valence-corrected chi connectivity index (χ3v) is 6.22. The first kappa shape index (κ1) is 34.0. The van der Waals surface area contributed by atoms with Crippen LogP contribution in [-0.4, -0.2) is 54.2 Å². The lowest BCUT2D eigenvalue weighted by Gasteiger charge is -2.27. The molecule has 0 spiro atoms. The van der Waals surface area contributed by atoms with Gasteiger partial charge in [0.05, 0.1) is 6.04 Å². The molecule has 2 rings (SSSR count). The summed E-state index contributed by atoms with van der Waals surface area (Å²) < 4.78 is 66.2. The van der Waals surface area contributed by atoms with Crippen LogP contribution < -0.4 is 16.0 Å². The summed E-state index contributed by atoms with van der Waals surface area (Å²) in [6.45, 7) is 0.529. The highest BCUT2D eigenvalue weighted by Gasteiger charge is 2.52. The summed E-state index contributed by atoms with van der Waals surface area (Å²) in [5, 5.41) is 6.38. The lowest BCUT2D eigenvalue weighted by Crippen LogP contribution is -2.59. The van der Waals surface area contributed by atoms with Crippen molar-refractivity contribution < 1.29 is 41.1 Å². The molecule has 1 unspecified atom stereocenters. The molecule has 2 aromatic rings. The molecule has 0 aromatic heterocycles. The molecule has 3 N–H and O–H groups in total. The number of carbonyl (C=O) groups is 4. The van der Waals surface area contributed by atoms with Crippen LogP contribution in [0.1, 0.15) is 31.4 Å². The van der Waals surface area contributed by atoms with Gasteiger partial charge in [0.15, 0.2) is 0 Å². The minimum atomic E-state index is -4.98. The molecule has 0 heterocycles. The van der Waals surface area contributed by atoms with E-state index in [9.17, 15) is 41.1 Å². The van der Waals surface area contributed by atoms with Gasteiger partial charge in [0, 0.05) is 22.9 Å². The average Bonchev–Trinajstić information content (AvgIpc) is 2.87. The second-order valence-corrected chi connectivity index (χ2v) is 10.4. The van der Waals surface area contributed by atoms with Gasteiger partial charge in [-0.05, 0) is 41.7 Å². The van der Waals surface area contributed by atoms with E-state index in [0.29, 0.717) is 21.2 Å². The SMILES string of the molecule is CC(C)[C@H](NC(=O)C(Cc1ccccc1)NC(=O)CCc1cc(Cl)cc(Cl)c1)C(=O)C(F)(F)C(=O)NCC(F)(F)F. The van der Waals surface area contributed by atoms with Gasteiger partial charge in [-0.25, -0.2) is 0 Å². The molecule has 0 radical (unpaired) electrons. The number of rotatable bonds is 13. The summed E-state index contributed by atoms with van der Waals surface area (Å²) in [4.78, 5) is 50.3. The molecule has 0 aliphatic carbocycles. The highest BCUT2D eigenvalue weighted by Crippen LogP contribution is 2.23. The first-order valence-electron chi connectivity index (χ1n) is 12.4. The van der Waals surface area contributed by atoms with Gasteiger partial charge in [0.2, 0.25) is 17.6 Å². The molecule has 0 saturated heterocycles. The van der Waals surface area contributed by atoms with E-state index in [0.717, 1.165) is 5.32 Å². The second kappa shape index (κ2) is 14.6. The molecular weight excluding hydrogens is 596 g/mol. The summed E-state index contributed by atoms with van der Waals surface area (Å²) in [6, 6.07) is 9.83. The number of nitrogens with one attached hydrogen (secondary N) is 3. The first-order chi connectivity index (χ1) is 19.0. The monoisotopic (exact) mass is 623 g/mol. The van der Waals surface area contributed by atoms with E-state index in [-0.39, 0.29) is 19.3 Å². The zero-order valence-electron chi connectivity index (χ0n) is 22.0. The number of alkyl halides is 5. The Morgan fingerprint density at radius 3 is 1.98 bits per heavy atom. The van der Waals surface area contributed by atoms with Crippen molar-refractivity contribution in [2.45, 2.75) is 57.3 Å². The van der Waals surface area contributed by atoms with Crippen LogP contribution in [0.3, 0.4) is 0 Å². The number of amides is 3. The number of benzene rings is 2. The fraction of sp³-hybridized carbons (Fsp3) is 0.407. The molecule has 0 bridgehead atoms. The Balaban J connectivity index is 2.20. The van der Waals surface area contributed by atoms with Crippen molar-refractivity contribution >= 4 is 46.7 Å². The maximum atomic E-state index is 14.6. The third-order valence-electron chi connectivity index (χ3n) is 5.79. The zero-order chi connectivity index (χ0) is 31.0. The smallest absolute Gasteiger partial charge is 0.344 e. The van der Waals surface area contributed by atoms with Gasteiger partial charge in [-0.15, -0.1) is 0 Å². The van der Waals surface area contributed by atoms with Gasteiger partial charge < -0.3 is 16.0 Å². The molecule has 0 aliphatic heterocycles. The highest BCUT2D eigenvalue weighted by molar-refractivity contribution is 6.34. The molecule has 224 valence electrons. The fourth-order valence-electron chi connectivity index (χ4n) is 3.73. The average molecular weight is 624 g/mol. The third kappa shape index (κ3) is 10.9. The van der Waals surface area contributed by atoms with Gasteiger partial charge in [-0.3, -0.25) is 19.2 Å². The molecule has 14 heteroatoms. The van der Waals surface area contributed by atoms with Crippen molar-refractivity contribution in [3.05, 3.63) is 69.7 Å². The molecule has 0 aliphatic rings. The van der Waals surface area contributed by atoms with Crippen LogP contribution in [0.2, 0.25) is 10.0 Å². The Kier molecular flexibility index (Phi) is 12.1.